The van der Waals surface area contributed by atoms with Crippen LogP contribution in [-0.2, 0) is 28.5 Å². The van der Waals surface area contributed by atoms with Gasteiger partial charge in [-0.15, -0.1) is 0 Å². The predicted molar refractivity (Wildman–Crippen MR) is 118 cm³/mol. The zero-order chi connectivity index (χ0) is 24.7. The molecule has 0 aromatic heterocycles. The van der Waals surface area contributed by atoms with Crippen molar-refractivity contribution < 1.29 is 43.2 Å². The summed E-state index contributed by atoms with van der Waals surface area (Å²) in [4.78, 5) is 48.6. The molecule has 2 aromatic rings. The molecule has 9 nitrogen and oxygen atoms in total. The second kappa shape index (κ2) is 10.8. The molecule has 4 atom stereocenters. The number of carbonyl (C=O) groups is 4. The van der Waals surface area contributed by atoms with Gasteiger partial charge in [0.25, 0.3) is 0 Å². The lowest BCUT2D eigenvalue weighted by Crippen LogP contribution is -2.60. The number of ether oxygens (including phenoxy) is 4. The summed E-state index contributed by atoms with van der Waals surface area (Å²) in [5, 5.41) is 11.3. The molecule has 0 saturated heterocycles. The zero-order valence-electron chi connectivity index (χ0n) is 18.6. The van der Waals surface area contributed by atoms with Crippen molar-refractivity contribution in [3.8, 4) is 0 Å². The number of hydrogen-bond donors (Lipinski definition) is 1. The van der Waals surface area contributed by atoms with Gasteiger partial charge in [-0.2, -0.15) is 0 Å². The molecule has 1 aliphatic rings. The summed E-state index contributed by atoms with van der Waals surface area (Å²) in [5.74, 6) is -2.99. The lowest BCUT2D eigenvalue weighted by atomic mass is 9.84. The summed E-state index contributed by atoms with van der Waals surface area (Å²) in [6.07, 6.45) is -1.63. The number of hydrogen-bond acceptors (Lipinski definition) is 9. The highest BCUT2D eigenvalue weighted by Gasteiger charge is 2.52. The molecule has 34 heavy (non-hydrogen) atoms. The maximum atomic E-state index is 12.6. The minimum absolute atomic E-state index is 0.249. The Kier molecular flexibility index (Phi) is 7.80. The van der Waals surface area contributed by atoms with Crippen LogP contribution in [0.3, 0.4) is 0 Å². The monoisotopic (exact) mass is 468 g/mol. The fourth-order valence-corrected chi connectivity index (χ4v) is 3.43. The molecule has 2 aromatic carbocycles. The number of rotatable bonds is 7. The van der Waals surface area contributed by atoms with E-state index < -0.39 is 54.4 Å². The van der Waals surface area contributed by atoms with Crippen LogP contribution in [0.2, 0.25) is 0 Å². The highest BCUT2D eigenvalue weighted by molar-refractivity contribution is 5.90. The van der Waals surface area contributed by atoms with Gasteiger partial charge in [-0.25, -0.2) is 9.59 Å². The van der Waals surface area contributed by atoms with Crippen LogP contribution >= 0.6 is 0 Å². The normalized spacial score (nSPS) is 23.4. The summed E-state index contributed by atoms with van der Waals surface area (Å²) in [5.41, 5.74) is -1.56. The third-order valence-corrected chi connectivity index (χ3v) is 4.98. The maximum Gasteiger partial charge on any atom is 0.338 e. The Morgan fingerprint density at radius 1 is 0.794 bits per heavy atom. The largest absolute Gasteiger partial charge is 0.459 e. The molecular weight excluding hydrogens is 444 g/mol. The van der Waals surface area contributed by atoms with Crippen LogP contribution in [0.15, 0.2) is 72.8 Å². The predicted octanol–water partition coefficient (Wildman–Crippen LogP) is 2.23. The van der Waals surface area contributed by atoms with Gasteiger partial charge >= 0.3 is 23.9 Å². The lowest BCUT2D eigenvalue weighted by Gasteiger charge is -2.41. The zero-order valence-corrected chi connectivity index (χ0v) is 18.6. The van der Waals surface area contributed by atoms with Gasteiger partial charge in [-0.05, 0) is 36.4 Å². The van der Waals surface area contributed by atoms with Crippen molar-refractivity contribution in [2.45, 2.75) is 37.8 Å². The van der Waals surface area contributed by atoms with Crippen molar-refractivity contribution in [3.63, 3.8) is 0 Å². The molecule has 3 rings (SSSR count). The first kappa shape index (κ1) is 24.7. The molecule has 178 valence electrons. The number of aliphatic hydroxyl groups is 1. The Labute approximate surface area is 195 Å². The first-order valence-corrected chi connectivity index (χ1v) is 10.4. The molecule has 0 unspecified atom stereocenters. The summed E-state index contributed by atoms with van der Waals surface area (Å²) in [6, 6.07) is 16.2. The van der Waals surface area contributed by atoms with Gasteiger partial charge in [-0.3, -0.25) is 9.59 Å². The number of benzene rings is 2. The van der Waals surface area contributed by atoms with Crippen LogP contribution < -0.4 is 0 Å². The topological polar surface area (TPSA) is 125 Å². The second-order valence-electron chi connectivity index (χ2n) is 7.63. The molecule has 1 N–H and O–H groups in total. The summed E-state index contributed by atoms with van der Waals surface area (Å²) in [7, 11) is 0. The van der Waals surface area contributed by atoms with Gasteiger partial charge in [0.05, 0.1) is 11.1 Å². The molecule has 0 aliphatic heterocycles. The minimum atomic E-state index is -2.06. The van der Waals surface area contributed by atoms with Crippen LogP contribution in [0.25, 0.3) is 0 Å². The fraction of sp³-hybridized carbons (Fsp3) is 0.280. The third-order valence-electron chi connectivity index (χ3n) is 4.98. The van der Waals surface area contributed by atoms with Crippen molar-refractivity contribution in [2.24, 2.45) is 0 Å². The molecular formula is C25H24O9. The van der Waals surface area contributed by atoms with E-state index in [0.29, 0.717) is 0 Å². The molecule has 0 fully saturated rings. The summed E-state index contributed by atoms with van der Waals surface area (Å²) >= 11 is 0. The van der Waals surface area contributed by atoms with E-state index >= 15 is 0 Å². The van der Waals surface area contributed by atoms with Crippen LogP contribution in [0.1, 0.15) is 34.6 Å². The lowest BCUT2D eigenvalue weighted by molar-refractivity contribution is -0.200. The molecule has 0 spiro atoms. The Bertz CT molecular complexity index is 1060. The Hall–Kier alpha value is -3.98. The molecule has 1 aliphatic carbocycles. The first-order valence-electron chi connectivity index (χ1n) is 10.4. The van der Waals surface area contributed by atoms with Crippen molar-refractivity contribution in [2.75, 3.05) is 6.61 Å². The van der Waals surface area contributed by atoms with Gasteiger partial charge in [0.2, 0.25) is 0 Å². The van der Waals surface area contributed by atoms with Crippen molar-refractivity contribution in [1.29, 1.82) is 0 Å². The van der Waals surface area contributed by atoms with Gasteiger partial charge < -0.3 is 24.1 Å². The average Bonchev–Trinajstić information content (AvgIpc) is 2.82. The third kappa shape index (κ3) is 6.08. The first-order chi connectivity index (χ1) is 16.2. The number of carbonyl (C=O) groups excluding carboxylic acids is 4. The fourth-order valence-electron chi connectivity index (χ4n) is 3.43. The number of esters is 4. The van der Waals surface area contributed by atoms with Crippen molar-refractivity contribution in [1.82, 2.24) is 0 Å². The van der Waals surface area contributed by atoms with Crippen LogP contribution in [-0.4, -0.2) is 59.5 Å². The van der Waals surface area contributed by atoms with Crippen LogP contribution in [0, 0.1) is 0 Å². The van der Waals surface area contributed by atoms with Crippen LogP contribution in [0.5, 0.6) is 0 Å². The van der Waals surface area contributed by atoms with Gasteiger partial charge in [-0.1, -0.05) is 36.4 Å². The average molecular weight is 468 g/mol. The van der Waals surface area contributed by atoms with E-state index in [0.717, 1.165) is 13.8 Å². The van der Waals surface area contributed by atoms with Crippen molar-refractivity contribution >= 4 is 23.9 Å². The van der Waals surface area contributed by atoms with E-state index in [9.17, 15) is 24.3 Å². The highest BCUT2D eigenvalue weighted by atomic mass is 16.6. The Morgan fingerprint density at radius 3 is 1.85 bits per heavy atom. The Morgan fingerprint density at radius 2 is 1.32 bits per heavy atom. The molecule has 0 amide bonds. The SMILES string of the molecule is CC(=O)O[C@@H]1[C@H](OC(=O)c2ccccc2)C=C[C@](O)(COC(=O)c2ccccc2)[C@H]1OC(C)=O. The smallest absolute Gasteiger partial charge is 0.338 e. The highest BCUT2D eigenvalue weighted by Crippen LogP contribution is 2.31. The standard InChI is InChI=1S/C25H24O9/c1-16(26)32-21-20(34-24(29)19-11-7-4-8-12-19)13-14-25(30,22(21)33-17(2)27)15-31-23(28)18-9-5-3-6-10-18/h3-14,20-22,30H,15H2,1-2H3/t20-,21-,22+,25+/m1/s1. The van der Waals surface area contributed by atoms with Crippen LogP contribution in [0.4, 0.5) is 0 Å². The molecule has 0 bridgehead atoms. The molecule has 0 heterocycles. The van der Waals surface area contributed by atoms with E-state index in [1.54, 1.807) is 48.5 Å². The van der Waals surface area contributed by atoms with E-state index in [1.165, 1.54) is 24.3 Å². The maximum absolute atomic E-state index is 12.6. The summed E-state index contributed by atoms with van der Waals surface area (Å²) in [6.45, 7) is 1.60. The Balaban J connectivity index is 1.87. The van der Waals surface area contributed by atoms with Crippen molar-refractivity contribution in [3.05, 3.63) is 83.9 Å². The van der Waals surface area contributed by atoms with E-state index in [4.69, 9.17) is 18.9 Å². The second-order valence-corrected chi connectivity index (χ2v) is 7.63. The van der Waals surface area contributed by atoms with E-state index in [1.807, 2.05) is 0 Å². The van der Waals surface area contributed by atoms with Gasteiger partial charge in [0.15, 0.2) is 23.9 Å². The molecule has 0 radical (unpaired) electrons. The van der Waals surface area contributed by atoms with Gasteiger partial charge in [0, 0.05) is 13.8 Å². The van der Waals surface area contributed by atoms with E-state index in [-0.39, 0.29) is 11.1 Å². The quantitative estimate of drug-likeness (QED) is 0.370. The summed E-state index contributed by atoms with van der Waals surface area (Å²) < 4.78 is 21.3. The van der Waals surface area contributed by atoms with Gasteiger partial charge in [0.1, 0.15) is 6.61 Å². The molecule has 0 saturated carbocycles. The van der Waals surface area contributed by atoms with E-state index in [2.05, 4.69) is 0 Å². The molecule has 9 heteroatoms. The minimum Gasteiger partial charge on any atom is -0.459 e.